The van der Waals surface area contributed by atoms with Crippen molar-refractivity contribution < 1.29 is 14.1 Å². The van der Waals surface area contributed by atoms with Crippen LogP contribution in [0.3, 0.4) is 0 Å². The maximum absolute atomic E-state index is 11.6. The molecular weight excluding hydrogens is 250 g/mol. The fraction of sp³-hybridized carbons (Fsp3) is 0.444. The highest BCUT2D eigenvalue weighted by molar-refractivity contribution is 5.91. The van der Waals surface area contributed by atoms with Gasteiger partial charge in [0, 0.05) is 12.6 Å². The number of rotatable bonds is 3. The van der Waals surface area contributed by atoms with Crippen LogP contribution in [0.25, 0.3) is 0 Å². The quantitative estimate of drug-likeness (QED) is 0.617. The number of furan rings is 1. The molecule has 0 spiro atoms. The van der Waals surface area contributed by atoms with Crippen LogP contribution in [-0.4, -0.2) is 30.0 Å². The van der Waals surface area contributed by atoms with Crippen LogP contribution in [0.1, 0.15) is 17.0 Å². The Labute approximate surface area is 103 Å². The summed E-state index contributed by atoms with van der Waals surface area (Å²) in [5.41, 5.74) is 0. The highest BCUT2D eigenvalue weighted by Crippen LogP contribution is 2.15. The highest BCUT2D eigenvalue weighted by atomic mass is 35.5. The molecule has 94 valence electrons. The maximum atomic E-state index is 11.6. The number of nitrogens with zero attached hydrogens (tertiary/aromatic N) is 1. The molecular formula is C9H12ClN3O4. The highest BCUT2D eigenvalue weighted by Gasteiger charge is 2.21. The molecule has 2 N–H and O–H groups in total. The Kier molecular flexibility index (Phi) is 4.47. The second kappa shape index (κ2) is 5.65. The second-order valence-electron chi connectivity index (χ2n) is 3.56. The van der Waals surface area contributed by atoms with Crippen LogP contribution in [0, 0.1) is 10.1 Å². The molecule has 7 nitrogen and oxygen atoms in total. The number of hydrogen-bond donors (Lipinski definition) is 2. The summed E-state index contributed by atoms with van der Waals surface area (Å²) in [4.78, 5) is 21.3. The number of amides is 1. The van der Waals surface area contributed by atoms with Crippen molar-refractivity contribution in [2.75, 3.05) is 13.1 Å². The van der Waals surface area contributed by atoms with Gasteiger partial charge in [0.2, 0.25) is 0 Å². The number of nitrogens with one attached hydrogen (secondary N) is 2. The number of carbonyl (C=O) groups excluding carboxylic acids is 1. The average Bonchev–Trinajstić information content (AvgIpc) is 2.86. The molecule has 1 aromatic rings. The summed E-state index contributed by atoms with van der Waals surface area (Å²) < 4.78 is 4.79. The first-order valence-corrected chi connectivity index (χ1v) is 4.92. The van der Waals surface area contributed by atoms with Gasteiger partial charge in [0.15, 0.2) is 5.76 Å². The molecule has 0 radical (unpaired) electrons. The third kappa shape index (κ3) is 3.18. The fourth-order valence-electron chi connectivity index (χ4n) is 1.58. The first-order chi connectivity index (χ1) is 7.66. The molecule has 0 saturated carbocycles. The van der Waals surface area contributed by atoms with E-state index < -0.39 is 16.7 Å². The lowest BCUT2D eigenvalue weighted by Crippen LogP contribution is -2.35. The standard InChI is InChI=1S/C9H11N3O4.ClH/c13-9(11-6-3-4-10-5-6)7-1-2-8(16-7)12(14)15;/h1-2,6,10H,3-5H2,(H,11,13);1H. The smallest absolute Gasteiger partial charge is 0.395 e. The van der Waals surface area contributed by atoms with Gasteiger partial charge in [-0.15, -0.1) is 12.4 Å². The zero-order valence-corrected chi connectivity index (χ0v) is 9.66. The zero-order chi connectivity index (χ0) is 11.5. The van der Waals surface area contributed by atoms with Crippen LogP contribution in [0.4, 0.5) is 5.88 Å². The molecule has 1 saturated heterocycles. The Morgan fingerprint density at radius 2 is 2.35 bits per heavy atom. The van der Waals surface area contributed by atoms with Gasteiger partial charge in [-0.3, -0.25) is 14.9 Å². The molecule has 8 heteroatoms. The molecule has 0 bridgehead atoms. The molecule has 1 atom stereocenters. The van der Waals surface area contributed by atoms with Crippen molar-refractivity contribution in [2.45, 2.75) is 12.5 Å². The monoisotopic (exact) mass is 261 g/mol. The van der Waals surface area contributed by atoms with Gasteiger partial charge in [0.05, 0.1) is 6.07 Å². The van der Waals surface area contributed by atoms with Gasteiger partial charge < -0.3 is 15.1 Å². The van der Waals surface area contributed by atoms with Gasteiger partial charge in [-0.2, -0.15) is 0 Å². The summed E-state index contributed by atoms with van der Waals surface area (Å²) >= 11 is 0. The first kappa shape index (κ1) is 13.5. The molecule has 17 heavy (non-hydrogen) atoms. The van der Waals surface area contributed by atoms with Crippen molar-refractivity contribution in [1.29, 1.82) is 0 Å². The van der Waals surface area contributed by atoms with E-state index in [0.29, 0.717) is 6.54 Å². The predicted octanol–water partition coefficient (Wildman–Crippen LogP) is 0.701. The summed E-state index contributed by atoms with van der Waals surface area (Å²) in [7, 11) is 0. The predicted molar refractivity (Wildman–Crippen MR) is 61.4 cm³/mol. The van der Waals surface area contributed by atoms with Gasteiger partial charge in [-0.25, -0.2) is 0 Å². The molecule has 0 aromatic carbocycles. The molecule has 1 unspecified atom stereocenters. The molecule has 1 aliphatic heterocycles. The van der Waals surface area contributed by atoms with Crippen molar-refractivity contribution in [2.24, 2.45) is 0 Å². The largest absolute Gasteiger partial charge is 0.433 e. The van der Waals surface area contributed by atoms with Crippen LogP contribution >= 0.6 is 12.4 Å². The molecule has 2 heterocycles. The third-order valence-electron chi connectivity index (χ3n) is 2.39. The number of halogens is 1. The van der Waals surface area contributed by atoms with E-state index in [-0.39, 0.29) is 24.2 Å². The lowest BCUT2D eigenvalue weighted by Gasteiger charge is -2.08. The number of carbonyl (C=O) groups is 1. The van der Waals surface area contributed by atoms with Gasteiger partial charge in [0.1, 0.15) is 4.92 Å². The molecule has 0 aliphatic carbocycles. The Hall–Kier alpha value is -1.60. The van der Waals surface area contributed by atoms with E-state index in [1.54, 1.807) is 0 Å². The lowest BCUT2D eigenvalue weighted by atomic mass is 10.2. The average molecular weight is 262 g/mol. The molecule has 1 fully saturated rings. The minimum absolute atomic E-state index is 0. The Bertz CT molecular complexity index is 414. The van der Waals surface area contributed by atoms with Crippen LogP contribution in [0.2, 0.25) is 0 Å². The van der Waals surface area contributed by atoms with Crippen molar-refractivity contribution in [3.8, 4) is 0 Å². The van der Waals surface area contributed by atoms with Crippen molar-refractivity contribution >= 4 is 24.2 Å². The molecule has 1 aromatic heterocycles. The molecule has 2 rings (SSSR count). The van der Waals surface area contributed by atoms with E-state index in [4.69, 9.17) is 4.42 Å². The SMILES string of the molecule is Cl.O=C(NC1CCNC1)c1ccc([N+](=O)[O-])o1. The lowest BCUT2D eigenvalue weighted by molar-refractivity contribution is -0.402. The van der Waals surface area contributed by atoms with E-state index in [0.717, 1.165) is 13.0 Å². The Morgan fingerprint density at radius 1 is 1.59 bits per heavy atom. The van der Waals surface area contributed by atoms with Gasteiger partial charge in [-0.1, -0.05) is 0 Å². The van der Waals surface area contributed by atoms with Crippen LogP contribution in [0.15, 0.2) is 16.5 Å². The minimum Gasteiger partial charge on any atom is -0.395 e. The molecule has 1 amide bonds. The van der Waals surface area contributed by atoms with E-state index >= 15 is 0 Å². The summed E-state index contributed by atoms with van der Waals surface area (Å²) in [6.07, 6.45) is 0.856. The first-order valence-electron chi connectivity index (χ1n) is 4.92. The van der Waals surface area contributed by atoms with Gasteiger partial charge in [-0.05, 0) is 19.0 Å². The van der Waals surface area contributed by atoms with Crippen LogP contribution in [-0.2, 0) is 0 Å². The van der Waals surface area contributed by atoms with E-state index in [1.165, 1.54) is 12.1 Å². The summed E-state index contributed by atoms with van der Waals surface area (Å²) in [6.45, 7) is 1.58. The van der Waals surface area contributed by atoms with E-state index in [1.807, 2.05) is 0 Å². The second-order valence-corrected chi connectivity index (χ2v) is 3.56. The molecule has 1 aliphatic rings. The van der Waals surface area contributed by atoms with Gasteiger partial charge >= 0.3 is 5.88 Å². The van der Waals surface area contributed by atoms with Crippen molar-refractivity contribution in [3.05, 3.63) is 28.0 Å². The van der Waals surface area contributed by atoms with Crippen molar-refractivity contribution in [3.63, 3.8) is 0 Å². The topological polar surface area (TPSA) is 97.4 Å². The van der Waals surface area contributed by atoms with E-state index in [2.05, 4.69) is 10.6 Å². The van der Waals surface area contributed by atoms with Crippen LogP contribution in [0.5, 0.6) is 0 Å². The summed E-state index contributed by atoms with van der Waals surface area (Å²) in [6, 6.07) is 2.54. The van der Waals surface area contributed by atoms with Crippen molar-refractivity contribution in [1.82, 2.24) is 10.6 Å². The van der Waals surface area contributed by atoms with Gasteiger partial charge in [0.25, 0.3) is 5.91 Å². The Morgan fingerprint density at radius 3 is 2.88 bits per heavy atom. The Balaban J connectivity index is 0.00000144. The fourth-order valence-corrected chi connectivity index (χ4v) is 1.58. The minimum atomic E-state index is -0.673. The summed E-state index contributed by atoms with van der Waals surface area (Å²) in [5, 5.41) is 16.2. The number of hydrogen-bond acceptors (Lipinski definition) is 5. The number of nitro groups is 1. The van der Waals surface area contributed by atoms with E-state index in [9.17, 15) is 14.9 Å². The maximum Gasteiger partial charge on any atom is 0.433 e. The normalized spacial score (nSPS) is 18.5. The van der Waals surface area contributed by atoms with Crippen LogP contribution < -0.4 is 10.6 Å². The third-order valence-corrected chi connectivity index (χ3v) is 2.39. The summed E-state index contributed by atoms with van der Waals surface area (Å²) in [5.74, 6) is -0.866. The zero-order valence-electron chi connectivity index (χ0n) is 8.84.